The predicted molar refractivity (Wildman–Crippen MR) is 166 cm³/mol. The Kier molecular flexibility index (Phi) is 6.91. The molecule has 0 spiro atoms. The highest BCUT2D eigenvalue weighted by Crippen LogP contribution is 2.49. The van der Waals surface area contributed by atoms with Crippen molar-refractivity contribution in [2.45, 2.75) is 38.3 Å². The summed E-state index contributed by atoms with van der Waals surface area (Å²) in [5, 5.41) is 3.53. The highest BCUT2D eigenvalue weighted by molar-refractivity contribution is 7.22. The van der Waals surface area contributed by atoms with Crippen LogP contribution in [0.4, 0.5) is 15.8 Å². The number of anilines is 2. The summed E-state index contributed by atoms with van der Waals surface area (Å²) >= 11 is 1.54. The number of hydrogen-bond donors (Lipinski definition) is 2. The van der Waals surface area contributed by atoms with Crippen molar-refractivity contribution < 1.29 is 18.7 Å². The number of carbonyl (C=O) groups excluding carboxylic acids is 2. The Morgan fingerprint density at radius 2 is 1.74 bits per heavy atom. The number of amides is 2. The van der Waals surface area contributed by atoms with Crippen molar-refractivity contribution in [3.8, 4) is 21.9 Å². The van der Waals surface area contributed by atoms with Gasteiger partial charge in [-0.2, -0.15) is 0 Å². The largest absolute Gasteiger partial charge is 0.453 e. The molecule has 0 bridgehead atoms. The van der Waals surface area contributed by atoms with Crippen molar-refractivity contribution in [3.63, 3.8) is 0 Å². The molecule has 2 fully saturated rings. The summed E-state index contributed by atoms with van der Waals surface area (Å²) in [6.07, 6.45) is 4.90. The molecule has 2 amide bonds. The summed E-state index contributed by atoms with van der Waals surface area (Å²) in [5.74, 6) is -1.28. The van der Waals surface area contributed by atoms with Crippen molar-refractivity contribution in [1.29, 1.82) is 0 Å². The molecular formula is C34H29FN4O3S. The third-order valence-corrected chi connectivity index (χ3v) is 9.22. The number of primary amides is 1. The van der Waals surface area contributed by atoms with Crippen LogP contribution < -0.4 is 20.7 Å². The van der Waals surface area contributed by atoms with E-state index in [1.54, 1.807) is 42.6 Å². The Labute approximate surface area is 252 Å². The van der Waals surface area contributed by atoms with Gasteiger partial charge in [0.2, 0.25) is 11.8 Å². The molecule has 216 valence electrons. The van der Waals surface area contributed by atoms with Gasteiger partial charge in [-0.15, -0.1) is 11.3 Å². The van der Waals surface area contributed by atoms with Gasteiger partial charge >= 0.3 is 0 Å². The van der Waals surface area contributed by atoms with E-state index in [9.17, 15) is 9.59 Å². The van der Waals surface area contributed by atoms with Crippen LogP contribution in [0.25, 0.3) is 20.7 Å². The molecular weight excluding hydrogens is 563 g/mol. The molecule has 0 radical (unpaired) electrons. The Bertz CT molecular complexity index is 1830. The lowest BCUT2D eigenvalue weighted by Crippen LogP contribution is -2.41. The zero-order chi connectivity index (χ0) is 29.6. The highest BCUT2D eigenvalue weighted by atomic mass is 32.1. The minimum Gasteiger partial charge on any atom is -0.453 e. The van der Waals surface area contributed by atoms with Gasteiger partial charge in [-0.05, 0) is 67.1 Å². The molecule has 0 atom stereocenters. The normalized spacial score (nSPS) is 15.3. The van der Waals surface area contributed by atoms with Crippen LogP contribution in [0, 0.1) is 11.2 Å². The van der Waals surface area contributed by atoms with E-state index in [1.807, 2.05) is 12.1 Å². The highest BCUT2D eigenvalue weighted by Gasteiger charge is 2.57. The van der Waals surface area contributed by atoms with Crippen molar-refractivity contribution >= 4 is 44.7 Å². The van der Waals surface area contributed by atoms with Crippen LogP contribution in [0.3, 0.4) is 0 Å². The average molecular weight is 593 g/mol. The Balaban J connectivity index is 1.15. The Hall–Kier alpha value is -4.60. The molecule has 5 aromatic rings. The lowest BCUT2D eigenvalue weighted by molar-refractivity contribution is -0.133. The molecule has 2 aliphatic rings. The molecule has 0 unspecified atom stereocenters. The minimum absolute atomic E-state index is 0.00946. The van der Waals surface area contributed by atoms with Crippen LogP contribution in [-0.4, -0.2) is 22.8 Å². The van der Waals surface area contributed by atoms with Gasteiger partial charge in [0, 0.05) is 41.5 Å². The maximum atomic E-state index is 15.6. The van der Waals surface area contributed by atoms with Crippen molar-refractivity contribution in [1.82, 2.24) is 10.3 Å². The smallest absolute Gasteiger partial charge is 0.247 e. The molecule has 3 N–H and O–H groups in total. The number of nitrogens with zero attached hydrogens (tertiary/aromatic N) is 2. The standard InChI is InChI=1S/C34H29FN4O3S/c35-26-18-25(39(24-4-2-1-3-5-24)33(41)34(15-16-34)32(36)40)12-13-28(26)42-29-14-17-37-27-19-30(43-31(27)29)22-8-6-21(7-9-22)20-38-23-10-11-23/h1-9,12-14,17-19,23,38H,10-11,15-16,20H2,(H2,36,40). The van der Waals surface area contributed by atoms with Crippen LogP contribution in [0.5, 0.6) is 11.5 Å². The number of para-hydroxylation sites is 1. The van der Waals surface area contributed by atoms with Gasteiger partial charge in [0.15, 0.2) is 11.6 Å². The number of thiophene rings is 1. The van der Waals surface area contributed by atoms with Gasteiger partial charge in [0.1, 0.15) is 11.2 Å². The van der Waals surface area contributed by atoms with Crippen LogP contribution in [0.15, 0.2) is 91.1 Å². The molecule has 2 heterocycles. The first-order valence-electron chi connectivity index (χ1n) is 14.3. The summed E-state index contributed by atoms with van der Waals surface area (Å²) in [7, 11) is 0. The van der Waals surface area contributed by atoms with E-state index >= 15 is 4.39 Å². The van der Waals surface area contributed by atoms with Crippen molar-refractivity contribution in [2.75, 3.05) is 4.90 Å². The lowest BCUT2D eigenvalue weighted by Gasteiger charge is -2.26. The van der Waals surface area contributed by atoms with E-state index in [2.05, 4.69) is 34.6 Å². The fourth-order valence-corrected chi connectivity index (χ4v) is 6.24. The fourth-order valence-electron chi connectivity index (χ4n) is 5.17. The second-order valence-corrected chi connectivity index (χ2v) is 12.2. The number of ether oxygens (including phenoxy) is 1. The maximum Gasteiger partial charge on any atom is 0.247 e. The second-order valence-electron chi connectivity index (χ2n) is 11.1. The van der Waals surface area contributed by atoms with Crippen molar-refractivity contribution in [2.24, 2.45) is 11.1 Å². The SMILES string of the molecule is NC(=O)C1(C(=O)N(c2ccccc2)c2ccc(Oc3ccnc4cc(-c5ccc(CNC6CC6)cc5)sc34)c(F)c2)CC1. The summed E-state index contributed by atoms with van der Waals surface area (Å²) < 4.78 is 22.5. The maximum absolute atomic E-state index is 15.6. The first-order valence-corrected chi connectivity index (χ1v) is 15.1. The van der Waals surface area contributed by atoms with E-state index in [0.717, 1.165) is 27.2 Å². The predicted octanol–water partition coefficient (Wildman–Crippen LogP) is 7.08. The Morgan fingerprint density at radius 3 is 2.42 bits per heavy atom. The molecule has 9 heteroatoms. The van der Waals surface area contributed by atoms with Gasteiger partial charge < -0.3 is 15.8 Å². The molecule has 0 aliphatic heterocycles. The van der Waals surface area contributed by atoms with Gasteiger partial charge in [-0.25, -0.2) is 4.39 Å². The number of pyridine rings is 1. The zero-order valence-electron chi connectivity index (χ0n) is 23.3. The van der Waals surface area contributed by atoms with Crippen LogP contribution in [0.2, 0.25) is 0 Å². The topological polar surface area (TPSA) is 97.6 Å². The number of carbonyl (C=O) groups is 2. The van der Waals surface area contributed by atoms with Crippen LogP contribution in [0.1, 0.15) is 31.2 Å². The molecule has 2 aliphatic carbocycles. The van der Waals surface area contributed by atoms with Gasteiger partial charge in [-0.3, -0.25) is 19.5 Å². The van der Waals surface area contributed by atoms with E-state index in [4.69, 9.17) is 10.5 Å². The number of halogens is 1. The minimum atomic E-state index is -1.27. The molecule has 3 aromatic carbocycles. The monoisotopic (exact) mass is 592 g/mol. The van der Waals surface area contributed by atoms with Crippen molar-refractivity contribution in [3.05, 3.63) is 103 Å². The van der Waals surface area contributed by atoms with Gasteiger partial charge in [-0.1, -0.05) is 42.5 Å². The molecule has 2 aromatic heterocycles. The number of benzene rings is 3. The number of aromatic nitrogens is 1. The quantitative estimate of drug-likeness (QED) is 0.169. The van der Waals surface area contributed by atoms with E-state index < -0.39 is 23.0 Å². The third-order valence-electron chi connectivity index (χ3n) is 8.03. The average Bonchev–Trinajstić information content (AvgIpc) is 3.96. The number of hydrogen-bond acceptors (Lipinski definition) is 6. The molecule has 7 rings (SSSR count). The third kappa shape index (κ3) is 5.37. The number of nitrogens with two attached hydrogens (primary N) is 1. The molecule has 43 heavy (non-hydrogen) atoms. The van der Waals surface area contributed by atoms with Gasteiger partial charge in [0.05, 0.1) is 15.9 Å². The lowest BCUT2D eigenvalue weighted by atomic mass is 10.0. The Morgan fingerprint density at radius 1 is 0.977 bits per heavy atom. The van der Waals surface area contributed by atoms with Crippen LogP contribution in [-0.2, 0) is 16.1 Å². The van der Waals surface area contributed by atoms with E-state index in [0.29, 0.717) is 30.3 Å². The number of nitrogens with one attached hydrogen (secondary N) is 1. The first kappa shape index (κ1) is 27.2. The zero-order valence-corrected chi connectivity index (χ0v) is 24.1. The molecule has 7 nitrogen and oxygen atoms in total. The number of fused-ring (bicyclic) bond motifs is 1. The molecule has 2 saturated carbocycles. The van der Waals surface area contributed by atoms with Gasteiger partial charge in [0.25, 0.3) is 0 Å². The van der Waals surface area contributed by atoms with E-state index in [-0.39, 0.29) is 11.4 Å². The fraction of sp³-hybridized carbons (Fsp3) is 0.206. The summed E-state index contributed by atoms with van der Waals surface area (Å²) in [4.78, 5) is 32.6. The molecule has 0 saturated heterocycles. The summed E-state index contributed by atoms with van der Waals surface area (Å²) in [6.45, 7) is 0.866. The second kappa shape index (κ2) is 10.9. The first-order chi connectivity index (χ1) is 20.9. The summed E-state index contributed by atoms with van der Waals surface area (Å²) in [5.41, 5.74) is 8.20. The van der Waals surface area contributed by atoms with Crippen LogP contribution >= 0.6 is 11.3 Å². The number of rotatable bonds is 10. The van der Waals surface area contributed by atoms with E-state index in [1.165, 1.54) is 46.8 Å². The summed E-state index contributed by atoms with van der Waals surface area (Å²) in [6, 6.07) is 26.1.